The van der Waals surface area contributed by atoms with E-state index in [2.05, 4.69) is 10.1 Å². The van der Waals surface area contributed by atoms with E-state index in [1.807, 2.05) is 19.0 Å². The average Bonchev–Trinajstić information content (AvgIpc) is 2.59. The fourth-order valence-corrected chi connectivity index (χ4v) is 1.95. The molecule has 0 aliphatic heterocycles. The average molecular weight is 210 g/mol. The van der Waals surface area contributed by atoms with Gasteiger partial charge in [0, 0.05) is 20.5 Å². The lowest BCUT2D eigenvalue weighted by Crippen LogP contribution is -2.39. The molecule has 1 aliphatic carbocycles. The van der Waals surface area contributed by atoms with E-state index in [1.165, 1.54) is 19.3 Å². The summed E-state index contributed by atoms with van der Waals surface area (Å²) >= 11 is 0. The SMILES string of the molecule is CN(C)c1noc(CC2(CN)CCC2)n1. The van der Waals surface area contributed by atoms with Crippen LogP contribution in [0.1, 0.15) is 25.2 Å². The maximum atomic E-state index is 5.78. The van der Waals surface area contributed by atoms with Gasteiger partial charge in [-0.2, -0.15) is 4.98 Å². The lowest BCUT2D eigenvalue weighted by atomic mass is 9.67. The Hall–Kier alpha value is -1.10. The number of nitrogens with zero attached hydrogens (tertiary/aromatic N) is 3. The van der Waals surface area contributed by atoms with Gasteiger partial charge in [0.25, 0.3) is 5.95 Å². The molecule has 2 N–H and O–H groups in total. The number of hydrogen-bond donors (Lipinski definition) is 1. The molecule has 0 spiro atoms. The molecule has 0 amide bonds. The minimum Gasteiger partial charge on any atom is -0.344 e. The van der Waals surface area contributed by atoms with Gasteiger partial charge in [0.1, 0.15) is 0 Å². The molecule has 0 bridgehead atoms. The van der Waals surface area contributed by atoms with Gasteiger partial charge in [-0.3, -0.25) is 0 Å². The van der Waals surface area contributed by atoms with Crippen molar-refractivity contribution in [1.29, 1.82) is 0 Å². The molecule has 2 rings (SSSR count). The van der Waals surface area contributed by atoms with Crippen LogP contribution in [0.4, 0.5) is 5.95 Å². The monoisotopic (exact) mass is 210 g/mol. The topological polar surface area (TPSA) is 68.2 Å². The van der Waals surface area contributed by atoms with Crippen LogP contribution >= 0.6 is 0 Å². The van der Waals surface area contributed by atoms with Crippen LogP contribution in [-0.2, 0) is 6.42 Å². The van der Waals surface area contributed by atoms with Gasteiger partial charge >= 0.3 is 0 Å². The first-order valence-electron chi connectivity index (χ1n) is 5.35. The number of aromatic nitrogens is 2. The third-order valence-electron chi connectivity index (χ3n) is 3.23. The highest BCUT2D eigenvalue weighted by atomic mass is 16.5. The van der Waals surface area contributed by atoms with Gasteiger partial charge in [-0.1, -0.05) is 6.42 Å². The van der Waals surface area contributed by atoms with Crippen molar-refractivity contribution in [3.8, 4) is 0 Å². The Morgan fingerprint density at radius 3 is 2.60 bits per heavy atom. The summed E-state index contributed by atoms with van der Waals surface area (Å²) in [7, 11) is 3.80. The zero-order valence-electron chi connectivity index (χ0n) is 9.36. The normalized spacial score (nSPS) is 18.6. The molecule has 5 heteroatoms. The predicted molar refractivity (Wildman–Crippen MR) is 57.7 cm³/mol. The minimum absolute atomic E-state index is 0.232. The Kier molecular flexibility index (Phi) is 2.65. The van der Waals surface area contributed by atoms with E-state index in [0.717, 1.165) is 6.42 Å². The van der Waals surface area contributed by atoms with E-state index in [9.17, 15) is 0 Å². The standard InChI is InChI=1S/C10H18N4O/c1-14(2)9-12-8(15-13-9)6-10(7-11)4-3-5-10/h3-7,11H2,1-2H3. The number of nitrogens with two attached hydrogens (primary N) is 1. The summed E-state index contributed by atoms with van der Waals surface area (Å²) in [5.41, 5.74) is 6.02. The van der Waals surface area contributed by atoms with E-state index in [-0.39, 0.29) is 5.41 Å². The molecule has 0 aromatic carbocycles. The highest BCUT2D eigenvalue weighted by Gasteiger charge is 2.37. The van der Waals surface area contributed by atoms with Crippen LogP contribution in [-0.4, -0.2) is 30.8 Å². The summed E-state index contributed by atoms with van der Waals surface area (Å²) in [4.78, 5) is 6.15. The van der Waals surface area contributed by atoms with Gasteiger partial charge in [0.05, 0.1) is 0 Å². The zero-order valence-corrected chi connectivity index (χ0v) is 9.36. The smallest absolute Gasteiger partial charge is 0.265 e. The van der Waals surface area contributed by atoms with Gasteiger partial charge in [0.15, 0.2) is 0 Å². The fraction of sp³-hybridized carbons (Fsp3) is 0.800. The second-order valence-corrected chi connectivity index (χ2v) is 4.62. The van der Waals surface area contributed by atoms with Crippen LogP contribution in [0.25, 0.3) is 0 Å². The highest BCUT2D eigenvalue weighted by Crippen LogP contribution is 2.42. The summed E-state index contributed by atoms with van der Waals surface area (Å²) in [5, 5.41) is 3.89. The first-order valence-corrected chi connectivity index (χ1v) is 5.35. The van der Waals surface area contributed by atoms with Crippen molar-refractivity contribution in [1.82, 2.24) is 10.1 Å². The second kappa shape index (κ2) is 3.81. The Morgan fingerprint density at radius 1 is 1.47 bits per heavy atom. The zero-order chi connectivity index (χ0) is 10.9. The van der Waals surface area contributed by atoms with Gasteiger partial charge in [-0.15, -0.1) is 0 Å². The van der Waals surface area contributed by atoms with Crippen molar-refractivity contribution in [3.63, 3.8) is 0 Å². The van der Waals surface area contributed by atoms with E-state index < -0.39 is 0 Å². The third-order valence-corrected chi connectivity index (χ3v) is 3.23. The number of anilines is 1. The molecule has 0 saturated heterocycles. The summed E-state index contributed by atoms with van der Waals surface area (Å²) < 4.78 is 5.20. The molecule has 0 atom stereocenters. The van der Waals surface area contributed by atoms with Crippen LogP contribution in [0.5, 0.6) is 0 Å². The van der Waals surface area contributed by atoms with Gasteiger partial charge in [-0.05, 0) is 30.0 Å². The molecule has 1 fully saturated rings. The molecule has 15 heavy (non-hydrogen) atoms. The predicted octanol–water partition coefficient (Wildman–Crippen LogP) is 0.807. The van der Waals surface area contributed by atoms with E-state index in [4.69, 9.17) is 10.3 Å². The minimum atomic E-state index is 0.232. The van der Waals surface area contributed by atoms with Gasteiger partial charge in [-0.25, -0.2) is 0 Å². The van der Waals surface area contributed by atoms with Gasteiger partial charge in [0.2, 0.25) is 5.89 Å². The van der Waals surface area contributed by atoms with E-state index in [1.54, 1.807) is 0 Å². The largest absolute Gasteiger partial charge is 0.344 e. The Bertz CT molecular complexity index is 324. The van der Waals surface area contributed by atoms with Crippen molar-refractivity contribution < 1.29 is 4.52 Å². The van der Waals surface area contributed by atoms with Crippen LogP contribution < -0.4 is 10.6 Å². The molecule has 1 heterocycles. The van der Waals surface area contributed by atoms with Crippen LogP contribution in [0.2, 0.25) is 0 Å². The first kappa shape index (κ1) is 10.4. The second-order valence-electron chi connectivity index (χ2n) is 4.62. The van der Waals surface area contributed by atoms with Crippen molar-refractivity contribution >= 4 is 5.95 Å². The number of rotatable bonds is 4. The molecule has 1 aromatic rings. The molecule has 1 saturated carbocycles. The van der Waals surface area contributed by atoms with Crippen LogP contribution in [0.15, 0.2) is 4.52 Å². The lowest BCUT2D eigenvalue weighted by Gasteiger charge is -2.39. The fourth-order valence-electron chi connectivity index (χ4n) is 1.95. The first-order chi connectivity index (χ1) is 7.15. The van der Waals surface area contributed by atoms with Crippen LogP contribution in [0.3, 0.4) is 0 Å². The Morgan fingerprint density at radius 2 is 2.20 bits per heavy atom. The lowest BCUT2D eigenvalue weighted by molar-refractivity contribution is 0.129. The molecule has 84 valence electrons. The molecule has 5 nitrogen and oxygen atoms in total. The summed E-state index contributed by atoms with van der Waals surface area (Å²) in [6, 6.07) is 0. The van der Waals surface area contributed by atoms with Crippen molar-refractivity contribution in [3.05, 3.63) is 5.89 Å². The third kappa shape index (κ3) is 1.97. The van der Waals surface area contributed by atoms with Crippen molar-refractivity contribution in [2.45, 2.75) is 25.7 Å². The maximum Gasteiger partial charge on any atom is 0.265 e. The number of hydrogen-bond acceptors (Lipinski definition) is 5. The summed E-state index contributed by atoms with van der Waals surface area (Å²) in [5.74, 6) is 1.35. The molecule has 1 aromatic heterocycles. The van der Waals surface area contributed by atoms with Crippen LogP contribution in [0, 0.1) is 5.41 Å². The summed E-state index contributed by atoms with van der Waals surface area (Å²) in [6.45, 7) is 0.715. The molecular formula is C10H18N4O. The Balaban J connectivity index is 2.04. The van der Waals surface area contributed by atoms with Crippen molar-refractivity contribution in [2.75, 3.05) is 25.5 Å². The molecule has 0 unspecified atom stereocenters. The van der Waals surface area contributed by atoms with Crippen molar-refractivity contribution in [2.24, 2.45) is 11.1 Å². The Labute approximate surface area is 89.6 Å². The van der Waals surface area contributed by atoms with Gasteiger partial charge < -0.3 is 15.2 Å². The molecule has 1 aliphatic rings. The highest BCUT2D eigenvalue weighted by molar-refractivity contribution is 5.23. The molecule has 0 radical (unpaired) electrons. The molecular weight excluding hydrogens is 192 g/mol. The van der Waals surface area contributed by atoms with E-state index in [0.29, 0.717) is 18.4 Å². The summed E-state index contributed by atoms with van der Waals surface area (Å²) in [6.07, 6.45) is 4.46. The quantitative estimate of drug-likeness (QED) is 0.796. The van der Waals surface area contributed by atoms with E-state index >= 15 is 0 Å². The maximum absolute atomic E-state index is 5.78.